The van der Waals surface area contributed by atoms with Crippen molar-refractivity contribution in [3.63, 3.8) is 0 Å². The average Bonchev–Trinajstić information content (AvgIpc) is 2.62. The molecule has 3 aromatic rings. The fourth-order valence-electron chi connectivity index (χ4n) is 2.20. The van der Waals surface area contributed by atoms with Crippen molar-refractivity contribution in [3.05, 3.63) is 63.9 Å². The molecule has 0 saturated heterocycles. The van der Waals surface area contributed by atoms with Gasteiger partial charge in [0.1, 0.15) is 11.5 Å². The molecule has 0 unspecified atom stereocenters. The second kappa shape index (κ2) is 7.10. The molecule has 1 aromatic carbocycles. The Kier molecular flexibility index (Phi) is 4.71. The maximum atomic E-state index is 11.2. The lowest BCUT2D eigenvalue weighted by atomic mass is 10.2. The van der Waals surface area contributed by atoms with Gasteiger partial charge in [0.25, 0.3) is 5.69 Å². The van der Waals surface area contributed by atoms with Gasteiger partial charge in [-0.1, -0.05) is 11.6 Å². The number of pyridine rings is 1. The van der Waals surface area contributed by atoms with E-state index < -0.39 is 4.92 Å². The molecule has 0 saturated carbocycles. The van der Waals surface area contributed by atoms with Crippen molar-refractivity contribution < 1.29 is 4.92 Å². The molecule has 0 aliphatic rings. The highest BCUT2D eigenvalue weighted by molar-refractivity contribution is 6.31. The first-order chi connectivity index (χ1) is 12.1. The number of hydrogen-bond acceptors (Lipinski definition) is 7. The molecule has 0 aliphatic carbocycles. The van der Waals surface area contributed by atoms with Crippen molar-refractivity contribution in [1.29, 1.82) is 0 Å². The third-order valence-corrected chi connectivity index (χ3v) is 3.58. The van der Waals surface area contributed by atoms with E-state index in [2.05, 4.69) is 25.6 Å². The van der Waals surface area contributed by atoms with Crippen LogP contribution in [0.25, 0.3) is 11.3 Å². The normalized spacial score (nSPS) is 10.3. The zero-order chi connectivity index (χ0) is 17.8. The van der Waals surface area contributed by atoms with Gasteiger partial charge in [0.15, 0.2) is 0 Å². The number of benzene rings is 1. The van der Waals surface area contributed by atoms with Crippen LogP contribution in [-0.4, -0.2) is 26.9 Å². The van der Waals surface area contributed by atoms with Gasteiger partial charge in [0, 0.05) is 42.2 Å². The van der Waals surface area contributed by atoms with Crippen LogP contribution in [0.1, 0.15) is 0 Å². The van der Waals surface area contributed by atoms with Crippen molar-refractivity contribution >= 4 is 34.7 Å². The van der Waals surface area contributed by atoms with Crippen LogP contribution >= 0.6 is 11.6 Å². The number of hydrogen-bond donors (Lipinski definition) is 2. The summed E-state index contributed by atoms with van der Waals surface area (Å²) in [7, 11) is 1.69. The Morgan fingerprint density at radius 2 is 1.88 bits per heavy atom. The fraction of sp³-hybridized carbons (Fsp3) is 0.0625. The van der Waals surface area contributed by atoms with Crippen molar-refractivity contribution in [2.75, 3.05) is 17.7 Å². The van der Waals surface area contributed by atoms with Crippen LogP contribution in [0, 0.1) is 10.1 Å². The highest BCUT2D eigenvalue weighted by atomic mass is 35.5. The molecule has 3 rings (SSSR count). The predicted octanol–water partition coefficient (Wildman–Crippen LogP) is 3.89. The number of nitrogens with one attached hydrogen (secondary N) is 2. The standard InChI is InChI=1S/C16H13ClN6O2/c1-18-16-21-12(10-4-6-19-7-5-10)9-15(22-16)20-13-8-11(17)2-3-14(13)23(24)25/h2-9H,1H3,(H2,18,20,21,22). The minimum Gasteiger partial charge on any atom is -0.357 e. The van der Waals surface area contributed by atoms with Crippen molar-refractivity contribution in [1.82, 2.24) is 15.0 Å². The van der Waals surface area contributed by atoms with Crippen LogP contribution in [0.3, 0.4) is 0 Å². The van der Waals surface area contributed by atoms with Gasteiger partial charge in [0.2, 0.25) is 5.95 Å². The van der Waals surface area contributed by atoms with Gasteiger partial charge < -0.3 is 10.6 Å². The summed E-state index contributed by atoms with van der Waals surface area (Å²) in [5.41, 5.74) is 1.64. The van der Waals surface area contributed by atoms with Gasteiger partial charge >= 0.3 is 0 Å². The summed E-state index contributed by atoms with van der Waals surface area (Å²) in [6, 6.07) is 9.61. The van der Waals surface area contributed by atoms with Crippen molar-refractivity contribution in [2.24, 2.45) is 0 Å². The minimum atomic E-state index is -0.484. The molecule has 2 heterocycles. The highest BCUT2D eigenvalue weighted by Gasteiger charge is 2.15. The lowest BCUT2D eigenvalue weighted by molar-refractivity contribution is -0.383. The minimum absolute atomic E-state index is 0.0977. The molecular weight excluding hydrogens is 344 g/mol. The summed E-state index contributed by atoms with van der Waals surface area (Å²) < 4.78 is 0. The molecule has 0 amide bonds. The first-order valence-corrected chi connectivity index (χ1v) is 7.63. The van der Waals surface area contributed by atoms with E-state index in [0.29, 0.717) is 22.5 Å². The molecule has 9 heteroatoms. The molecule has 2 N–H and O–H groups in total. The third-order valence-electron chi connectivity index (χ3n) is 3.34. The molecule has 8 nitrogen and oxygen atoms in total. The van der Waals surface area contributed by atoms with E-state index in [1.165, 1.54) is 18.2 Å². The Hall–Kier alpha value is -3.26. The Morgan fingerprint density at radius 1 is 1.12 bits per heavy atom. The molecular formula is C16H13ClN6O2. The van der Waals surface area contributed by atoms with Gasteiger partial charge in [-0.15, -0.1) is 0 Å². The average molecular weight is 357 g/mol. The Bertz CT molecular complexity index is 920. The largest absolute Gasteiger partial charge is 0.357 e. The maximum Gasteiger partial charge on any atom is 0.292 e. The smallest absolute Gasteiger partial charge is 0.292 e. The SMILES string of the molecule is CNc1nc(Nc2cc(Cl)ccc2[N+](=O)[O-])cc(-c2ccncc2)n1. The van der Waals surface area contributed by atoms with Gasteiger partial charge in [-0.05, 0) is 24.3 Å². The number of halogens is 1. The summed E-state index contributed by atoms with van der Waals surface area (Å²) in [6.45, 7) is 0. The topological polar surface area (TPSA) is 106 Å². The van der Waals surface area contributed by atoms with E-state index in [9.17, 15) is 10.1 Å². The zero-order valence-corrected chi connectivity index (χ0v) is 13.9. The first kappa shape index (κ1) is 16.6. The molecule has 0 fully saturated rings. The van der Waals surface area contributed by atoms with E-state index in [4.69, 9.17) is 11.6 Å². The number of nitro groups is 1. The second-order valence-electron chi connectivity index (χ2n) is 4.99. The Labute approximate surface area is 148 Å². The molecule has 0 radical (unpaired) electrons. The van der Waals surface area contributed by atoms with Crippen molar-refractivity contribution in [3.8, 4) is 11.3 Å². The van der Waals surface area contributed by atoms with E-state index in [0.717, 1.165) is 5.56 Å². The number of aromatic nitrogens is 3. The lowest BCUT2D eigenvalue weighted by Crippen LogP contribution is -2.03. The first-order valence-electron chi connectivity index (χ1n) is 7.25. The quantitative estimate of drug-likeness (QED) is 0.527. The van der Waals surface area contributed by atoms with E-state index >= 15 is 0 Å². The van der Waals surface area contributed by atoms with Gasteiger partial charge in [0.05, 0.1) is 10.6 Å². The summed E-state index contributed by atoms with van der Waals surface area (Å²) in [5.74, 6) is 0.776. The summed E-state index contributed by atoms with van der Waals surface area (Å²) in [4.78, 5) is 23.4. The number of anilines is 3. The zero-order valence-electron chi connectivity index (χ0n) is 13.1. The van der Waals surface area contributed by atoms with Crippen LogP contribution in [0.2, 0.25) is 5.02 Å². The summed E-state index contributed by atoms with van der Waals surface area (Å²) in [5, 5.41) is 17.4. The van der Waals surface area contributed by atoms with E-state index in [1.807, 2.05) is 12.1 Å². The number of nitrogens with zero attached hydrogens (tertiary/aromatic N) is 4. The van der Waals surface area contributed by atoms with Gasteiger partial charge in [-0.25, -0.2) is 4.98 Å². The van der Waals surface area contributed by atoms with Crippen molar-refractivity contribution in [2.45, 2.75) is 0 Å². The molecule has 0 atom stereocenters. The molecule has 126 valence electrons. The van der Waals surface area contributed by atoms with Crippen LogP contribution in [0.5, 0.6) is 0 Å². The van der Waals surface area contributed by atoms with E-state index in [1.54, 1.807) is 25.5 Å². The lowest BCUT2D eigenvalue weighted by Gasteiger charge is -2.10. The van der Waals surface area contributed by atoms with Crippen LogP contribution in [0.15, 0.2) is 48.8 Å². The number of nitro benzene ring substituents is 1. The van der Waals surface area contributed by atoms with Gasteiger partial charge in [-0.2, -0.15) is 4.98 Å². The number of rotatable bonds is 5. The van der Waals surface area contributed by atoms with E-state index in [-0.39, 0.29) is 11.4 Å². The molecule has 25 heavy (non-hydrogen) atoms. The monoisotopic (exact) mass is 356 g/mol. The second-order valence-corrected chi connectivity index (χ2v) is 5.43. The van der Waals surface area contributed by atoms with Gasteiger partial charge in [-0.3, -0.25) is 15.1 Å². The molecule has 0 aliphatic heterocycles. The predicted molar refractivity (Wildman–Crippen MR) is 96.2 cm³/mol. The summed E-state index contributed by atoms with van der Waals surface area (Å²) in [6.07, 6.45) is 3.32. The summed E-state index contributed by atoms with van der Waals surface area (Å²) >= 11 is 5.96. The Balaban J connectivity index is 2.04. The highest BCUT2D eigenvalue weighted by Crippen LogP contribution is 2.31. The Morgan fingerprint density at radius 3 is 2.56 bits per heavy atom. The van der Waals surface area contributed by atoms with Crippen LogP contribution in [0.4, 0.5) is 23.1 Å². The molecule has 2 aromatic heterocycles. The maximum absolute atomic E-state index is 11.2. The molecule has 0 spiro atoms. The van der Waals surface area contributed by atoms with Crippen LogP contribution < -0.4 is 10.6 Å². The third kappa shape index (κ3) is 3.81. The van der Waals surface area contributed by atoms with Crippen LogP contribution in [-0.2, 0) is 0 Å². The fourth-order valence-corrected chi connectivity index (χ4v) is 2.37. The molecule has 0 bridgehead atoms.